The van der Waals surface area contributed by atoms with E-state index >= 15 is 0 Å². The monoisotopic (exact) mass is 392 g/mol. The van der Waals surface area contributed by atoms with Gasteiger partial charge in [0.2, 0.25) is 0 Å². The van der Waals surface area contributed by atoms with Crippen LogP contribution in [0.25, 0.3) is 0 Å². The van der Waals surface area contributed by atoms with Crippen molar-refractivity contribution in [3.05, 3.63) is 71.8 Å². The van der Waals surface area contributed by atoms with Gasteiger partial charge in [-0.25, -0.2) is 9.59 Å². The lowest BCUT2D eigenvalue weighted by atomic mass is 9.60. The van der Waals surface area contributed by atoms with Crippen molar-refractivity contribution in [1.82, 2.24) is 0 Å². The van der Waals surface area contributed by atoms with Gasteiger partial charge in [-0.3, -0.25) is 4.79 Å². The number of ketones is 1. The first-order valence-corrected chi connectivity index (χ1v) is 10.1. The third kappa shape index (κ3) is 3.95. The molecule has 29 heavy (non-hydrogen) atoms. The molecule has 5 unspecified atom stereocenters. The average Bonchev–Trinajstić information content (AvgIpc) is 2.76. The van der Waals surface area contributed by atoms with Crippen LogP contribution in [0.5, 0.6) is 0 Å². The van der Waals surface area contributed by atoms with Crippen molar-refractivity contribution in [1.29, 1.82) is 0 Å². The van der Waals surface area contributed by atoms with Crippen LogP contribution in [-0.2, 0) is 14.3 Å². The molecule has 2 aromatic carbocycles. The summed E-state index contributed by atoms with van der Waals surface area (Å²) in [5, 5.41) is 0. The van der Waals surface area contributed by atoms with Crippen molar-refractivity contribution in [2.45, 2.75) is 38.4 Å². The molecule has 0 saturated heterocycles. The number of hydrogen-bond acceptors (Lipinski definition) is 5. The fourth-order valence-corrected chi connectivity index (χ4v) is 4.75. The lowest BCUT2D eigenvalue weighted by Gasteiger charge is -2.50. The lowest BCUT2D eigenvalue weighted by Crippen LogP contribution is -2.56. The van der Waals surface area contributed by atoms with Gasteiger partial charge < -0.3 is 9.47 Å². The Morgan fingerprint density at radius 2 is 1.28 bits per heavy atom. The maximum Gasteiger partial charge on any atom is 0.338 e. The highest BCUT2D eigenvalue weighted by Gasteiger charge is 2.53. The van der Waals surface area contributed by atoms with Crippen molar-refractivity contribution in [2.75, 3.05) is 0 Å². The first-order chi connectivity index (χ1) is 14.0. The van der Waals surface area contributed by atoms with Gasteiger partial charge in [0.25, 0.3) is 0 Å². The fourth-order valence-electron chi connectivity index (χ4n) is 4.75. The molecular formula is C24H24O5. The zero-order valence-electron chi connectivity index (χ0n) is 16.3. The Labute approximate surface area is 170 Å². The van der Waals surface area contributed by atoms with Gasteiger partial charge in [0, 0.05) is 17.8 Å². The van der Waals surface area contributed by atoms with E-state index in [2.05, 4.69) is 0 Å². The average molecular weight is 392 g/mol. The fraction of sp³-hybridized carbons (Fsp3) is 0.375. The van der Waals surface area contributed by atoms with Crippen LogP contribution >= 0.6 is 0 Å². The van der Waals surface area contributed by atoms with Crippen LogP contribution in [0.1, 0.15) is 46.9 Å². The quantitative estimate of drug-likeness (QED) is 0.718. The van der Waals surface area contributed by atoms with E-state index in [4.69, 9.17) is 9.47 Å². The maximum atomic E-state index is 12.7. The van der Waals surface area contributed by atoms with Gasteiger partial charge in [0.05, 0.1) is 11.1 Å². The second-order valence-corrected chi connectivity index (χ2v) is 7.93. The summed E-state index contributed by atoms with van der Waals surface area (Å²) >= 11 is 0. The number of fused-ring (bicyclic) bond motifs is 3. The van der Waals surface area contributed by atoms with E-state index in [0.29, 0.717) is 17.5 Å². The molecule has 3 aliphatic carbocycles. The van der Waals surface area contributed by atoms with Crippen LogP contribution < -0.4 is 0 Å². The van der Waals surface area contributed by atoms with Crippen molar-refractivity contribution in [2.24, 2.45) is 17.8 Å². The second-order valence-electron chi connectivity index (χ2n) is 7.93. The molecule has 0 N–H and O–H groups in total. The summed E-state index contributed by atoms with van der Waals surface area (Å²) in [4.78, 5) is 37.6. The molecule has 5 rings (SSSR count). The smallest absolute Gasteiger partial charge is 0.338 e. The third-order valence-electron chi connectivity index (χ3n) is 6.18. The minimum Gasteiger partial charge on any atom is -0.455 e. The van der Waals surface area contributed by atoms with Crippen LogP contribution in [0.15, 0.2) is 60.7 Å². The zero-order chi connectivity index (χ0) is 20.4. The van der Waals surface area contributed by atoms with Crippen molar-refractivity contribution >= 4 is 17.7 Å². The largest absolute Gasteiger partial charge is 0.455 e. The SMILES string of the molecule is CC(=O)C1CC2CCC1C(OC(=O)c1ccccc1)C2OC(=O)c1ccccc1. The van der Waals surface area contributed by atoms with E-state index in [1.165, 1.54) is 0 Å². The molecule has 3 aliphatic rings. The Kier molecular flexibility index (Phi) is 5.47. The van der Waals surface area contributed by atoms with Crippen molar-refractivity contribution in [3.63, 3.8) is 0 Å². The number of rotatable bonds is 5. The number of hydrogen-bond donors (Lipinski definition) is 0. The highest BCUT2D eigenvalue weighted by molar-refractivity contribution is 5.90. The number of esters is 2. The Bertz CT molecular complexity index is 892. The van der Waals surface area contributed by atoms with Crippen LogP contribution in [0.3, 0.4) is 0 Å². The summed E-state index contributed by atoms with van der Waals surface area (Å²) in [5.41, 5.74) is 0.909. The number of ether oxygens (including phenoxy) is 2. The Balaban J connectivity index is 1.58. The summed E-state index contributed by atoms with van der Waals surface area (Å²) < 4.78 is 11.7. The normalized spacial score (nSPS) is 27.8. The highest BCUT2D eigenvalue weighted by atomic mass is 16.6. The van der Waals surface area contributed by atoms with Crippen molar-refractivity contribution < 1.29 is 23.9 Å². The molecule has 150 valence electrons. The molecule has 2 aromatic rings. The van der Waals surface area contributed by atoms with Gasteiger partial charge in [-0.15, -0.1) is 0 Å². The molecule has 2 bridgehead atoms. The van der Waals surface area contributed by atoms with Gasteiger partial charge >= 0.3 is 11.9 Å². The van der Waals surface area contributed by atoms with Gasteiger partial charge in [0.15, 0.2) is 0 Å². The van der Waals surface area contributed by atoms with Gasteiger partial charge in [-0.05, 0) is 50.5 Å². The van der Waals surface area contributed by atoms with Crippen LogP contribution in [-0.4, -0.2) is 29.9 Å². The maximum absolute atomic E-state index is 12.7. The molecule has 3 saturated carbocycles. The summed E-state index contributed by atoms with van der Waals surface area (Å²) in [6.45, 7) is 1.59. The standard InChI is InChI=1S/C24H24O5/c1-15(25)20-14-18-12-13-19(20)22(29-24(27)17-10-6-3-7-11-17)21(18)28-23(26)16-8-4-2-5-9-16/h2-11,18-22H,12-14H2,1H3. The second kappa shape index (κ2) is 8.19. The lowest BCUT2D eigenvalue weighted by molar-refractivity contribution is -0.154. The summed E-state index contributed by atoms with van der Waals surface area (Å²) in [5.74, 6) is -1.05. The van der Waals surface area contributed by atoms with E-state index in [-0.39, 0.29) is 23.5 Å². The van der Waals surface area contributed by atoms with Gasteiger partial charge in [-0.2, -0.15) is 0 Å². The molecule has 0 heterocycles. The summed E-state index contributed by atoms with van der Waals surface area (Å²) in [7, 11) is 0. The van der Waals surface area contributed by atoms with Crippen LogP contribution in [0, 0.1) is 17.8 Å². The number of carbonyl (C=O) groups is 3. The summed E-state index contributed by atoms with van der Waals surface area (Å²) in [6.07, 6.45) is 1.18. The molecule has 5 atom stereocenters. The number of benzene rings is 2. The van der Waals surface area contributed by atoms with E-state index in [0.717, 1.165) is 12.8 Å². The minimum atomic E-state index is -0.614. The molecule has 0 aromatic heterocycles. The molecule has 5 nitrogen and oxygen atoms in total. The molecule has 3 fully saturated rings. The molecule has 5 heteroatoms. The molecule has 0 aliphatic heterocycles. The van der Waals surface area contributed by atoms with Gasteiger partial charge in [-0.1, -0.05) is 36.4 Å². The van der Waals surface area contributed by atoms with E-state index in [9.17, 15) is 14.4 Å². The first kappa shape index (κ1) is 19.4. The minimum absolute atomic E-state index is 0.00938. The summed E-state index contributed by atoms with van der Waals surface area (Å²) in [6, 6.07) is 17.6. The van der Waals surface area contributed by atoms with E-state index < -0.39 is 24.1 Å². The van der Waals surface area contributed by atoms with Crippen LogP contribution in [0.4, 0.5) is 0 Å². The van der Waals surface area contributed by atoms with Gasteiger partial charge in [0.1, 0.15) is 18.0 Å². The third-order valence-corrected chi connectivity index (χ3v) is 6.18. The first-order valence-electron chi connectivity index (χ1n) is 10.1. The predicted octanol–water partition coefficient (Wildman–Crippen LogP) is 4.07. The molecule has 0 spiro atoms. The molecule has 0 radical (unpaired) electrons. The molecule has 0 amide bonds. The highest BCUT2D eigenvalue weighted by Crippen LogP contribution is 2.48. The number of carbonyl (C=O) groups excluding carboxylic acids is 3. The van der Waals surface area contributed by atoms with E-state index in [1.807, 2.05) is 12.1 Å². The zero-order valence-corrected chi connectivity index (χ0v) is 16.3. The van der Waals surface area contributed by atoms with E-state index in [1.54, 1.807) is 55.5 Å². The van der Waals surface area contributed by atoms with Crippen LogP contribution in [0.2, 0.25) is 0 Å². The Hall–Kier alpha value is -2.95. The Morgan fingerprint density at radius 3 is 1.79 bits per heavy atom. The Morgan fingerprint density at radius 1 is 0.759 bits per heavy atom. The topological polar surface area (TPSA) is 69.7 Å². The van der Waals surface area contributed by atoms with Crippen molar-refractivity contribution in [3.8, 4) is 0 Å². The predicted molar refractivity (Wildman–Crippen MR) is 106 cm³/mol. The molecular weight excluding hydrogens is 368 g/mol. The number of Topliss-reactive ketones (excluding diaryl/α,β-unsaturated/α-hetero) is 1.